The van der Waals surface area contributed by atoms with Crippen molar-refractivity contribution in [3.63, 3.8) is 0 Å². The highest BCUT2D eigenvalue weighted by molar-refractivity contribution is 6.35. The average molecular weight is 268 g/mol. The molecule has 0 unspecified atom stereocenters. The number of pyridine rings is 1. The molecule has 2 rings (SSSR count). The third kappa shape index (κ3) is 1.66. The predicted octanol–water partition coefficient (Wildman–Crippen LogP) is 1.56. The van der Waals surface area contributed by atoms with E-state index in [0.717, 1.165) is 5.56 Å². The van der Waals surface area contributed by atoms with Gasteiger partial charge in [0.1, 0.15) is 5.39 Å². The molecule has 96 valence electrons. The van der Waals surface area contributed by atoms with E-state index < -0.39 is 0 Å². The van der Waals surface area contributed by atoms with Crippen LogP contribution in [0.4, 0.5) is 0 Å². The lowest BCUT2D eigenvalue weighted by molar-refractivity contribution is 0.605. The van der Waals surface area contributed by atoms with Crippen molar-refractivity contribution in [1.82, 2.24) is 14.1 Å². The number of rotatable bonds is 2. The van der Waals surface area contributed by atoms with Crippen LogP contribution in [0.2, 0.25) is 5.02 Å². The maximum atomic E-state index is 12.2. The van der Waals surface area contributed by atoms with E-state index >= 15 is 0 Å². The largest absolute Gasteiger partial charge is 0.332 e. The number of hydrogen-bond donors (Lipinski definition) is 0. The van der Waals surface area contributed by atoms with Crippen LogP contribution in [0, 0.1) is 6.92 Å². The van der Waals surface area contributed by atoms with E-state index in [1.807, 2.05) is 6.92 Å². The molecule has 0 amide bonds. The maximum absolute atomic E-state index is 12.2. The van der Waals surface area contributed by atoms with Crippen LogP contribution < -0.4 is 11.2 Å². The number of hydrogen-bond acceptors (Lipinski definition) is 3. The fraction of sp³-hybridized carbons (Fsp3) is 0.417. The van der Waals surface area contributed by atoms with Crippen molar-refractivity contribution in [1.29, 1.82) is 0 Å². The maximum Gasteiger partial charge on any atom is 0.332 e. The average Bonchev–Trinajstić information content (AvgIpc) is 2.34. The number of fused-ring (bicyclic) bond motifs is 1. The second-order valence-electron chi connectivity index (χ2n) is 4.03. The van der Waals surface area contributed by atoms with Crippen LogP contribution in [-0.4, -0.2) is 14.1 Å². The van der Waals surface area contributed by atoms with Crippen LogP contribution in [0.1, 0.15) is 19.4 Å². The van der Waals surface area contributed by atoms with E-state index in [1.165, 1.54) is 9.13 Å². The topological polar surface area (TPSA) is 56.9 Å². The monoisotopic (exact) mass is 267 g/mol. The highest BCUT2D eigenvalue weighted by Gasteiger charge is 2.16. The Bertz CT molecular complexity index is 731. The molecule has 2 aromatic heterocycles. The Morgan fingerprint density at radius 1 is 1.22 bits per heavy atom. The van der Waals surface area contributed by atoms with Gasteiger partial charge in [-0.1, -0.05) is 11.6 Å². The van der Waals surface area contributed by atoms with Crippen molar-refractivity contribution >= 4 is 22.6 Å². The fourth-order valence-electron chi connectivity index (χ4n) is 1.99. The normalized spacial score (nSPS) is 11.1. The van der Waals surface area contributed by atoms with Gasteiger partial charge in [0.25, 0.3) is 5.56 Å². The second-order valence-corrected chi connectivity index (χ2v) is 4.41. The minimum atomic E-state index is -0.372. The van der Waals surface area contributed by atoms with E-state index in [0.29, 0.717) is 29.1 Å². The van der Waals surface area contributed by atoms with Crippen LogP contribution in [0.25, 0.3) is 11.0 Å². The van der Waals surface area contributed by atoms with Crippen LogP contribution in [0.3, 0.4) is 0 Å². The molecule has 0 saturated carbocycles. The molecule has 5 nitrogen and oxygen atoms in total. The predicted molar refractivity (Wildman–Crippen MR) is 71.4 cm³/mol. The summed E-state index contributed by atoms with van der Waals surface area (Å²) >= 11 is 6.17. The number of nitrogens with zero attached hydrogens (tertiary/aromatic N) is 3. The first-order chi connectivity index (χ1) is 8.52. The van der Waals surface area contributed by atoms with Crippen molar-refractivity contribution in [2.45, 2.75) is 33.9 Å². The van der Waals surface area contributed by atoms with Crippen molar-refractivity contribution in [3.8, 4) is 0 Å². The number of aromatic nitrogens is 3. The van der Waals surface area contributed by atoms with Crippen LogP contribution in [0.5, 0.6) is 0 Å². The van der Waals surface area contributed by atoms with Gasteiger partial charge in [0.05, 0.1) is 5.02 Å². The van der Waals surface area contributed by atoms with Crippen LogP contribution in [-0.2, 0) is 13.1 Å². The van der Waals surface area contributed by atoms with Gasteiger partial charge in [-0.2, -0.15) is 0 Å². The Kier molecular flexibility index (Phi) is 3.26. The van der Waals surface area contributed by atoms with Gasteiger partial charge < -0.3 is 0 Å². The molecule has 0 spiro atoms. The molecule has 0 saturated heterocycles. The van der Waals surface area contributed by atoms with E-state index in [4.69, 9.17) is 11.6 Å². The molecule has 0 fully saturated rings. The lowest BCUT2D eigenvalue weighted by atomic mass is 10.2. The van der Waals surface area contributed by atoms with Gasteiger partial charge in [-0.25, -0.2) is 9.78 Å². The Morgan fingerprint density at radius 3 is 2.39 bits per heavy atom. The lowest BCUT2D eigenvalue weighted by Crippen LogP contribution is -2.39. The Morgan fingerprint density at radius 2 is 1.83 bits per heavy atom. The van der Waals surface area contributed by atoms with Crippen LogP contribution in [0.15, 0.2) is 15.8 Å². The summed E-state index contributed by atoms with van der Waals surface area (Å²) in [4.78, 5) is 28.5. The standard InChI is InChI=1S/C12H14ClN3O2/c1-4-15-10-8(9(13)7(3)6-14-10)11(17)16(5-2)12(15)18/h6H,4-5H2,1-3H3. The highest BCUT2D eigenvalue weighted by Crippen LogP contribution is 2.21. The number of halogens is 1. The minimum Gasteiger partial charge on any atom is -0.278 e. The first-order valence-electron chi connectivity index (χ1n) is 5.81. The van der Waals surface area contributed by atoms with E-state index in [1.54, 1.807) is 20.0 Å². The third-order valence-corrected chi connectivity index (χ3v) is 3.47. The van der Waals surface area contributed by atoms with Crippen molar-refractivity contribution in [3.05, 3.63) is 37.6 Å². The quantitative estimate of drug-likeness (QED) is 0.830. The van der Waals surface area contributed by atoms with E-state index in [9.17, 15) is 9.59 Å². The lowest BCUT2D eigenvalue weighted by Gasteiger charge is -2.12. The minimum absolute atomic E-state index is 0.317. The molecule has 0 aliphatic heterocycles. The van der Waals surface area contributed by atoms with E-state index in [-0.39, 0.29) is 11.2 Å². The highest BCUT2D eigenvalue weighted by atomic mass is 35.5. The molecule has 0 radical (unpaired) electrons. The van der Waals surface area contributed by atoms with Crippen LogP contribution >= 0.6 is 11.6 Å². The molecule has 0 bridgehead atoms. The molecular formula is C12H14ClN3O2. The SMILES string of the molecule is CCn1c(=O)c2c(Cl)c(C)cnc2n(CC)c1=O. The zero-order chi connectivity index (χ0) is 13.4. The summed E-state index contributed by atoms with van der Waals surface area (Å²) in [6.45, 7) is 6.14. The van der Waals surface area contributed by atoms with Gasteiger partial charge in [-0.15, -0.1) is 0 Å². The molecule has 2 aromatic rings. The van der Waals surface area contributed by atoms with Gasteiger partial charge in [-0.3, -0.25) is 13.9 Å². The van der Waals surface area contributed by atoms with Gasteiger partial charge >= 0.3 is 5.69 Å². The molecular weight excluding hydrogens is 254 g/mol. The molecule has 0 N–H and O–H groups in total. The molecule has 6 heteroatoms. The summed E-state index contributed by atoms with van der Waals surface area (Å²) in [5.74, 6) is 0. The van der Waals surface area contributed by atoms with Gasteiger partial charge in [0, 0.05) is 19.3 Å². The Labute approximate surface area is 109 Å². The first kappa shape index (κ1) is 12.8. The summed E-state index contributed by atoms with van der Waals surface area (Å²) in [5, 5.41) is 0.689. The summed E-state index contributed by atoms with van der Waals surface area (Å²) in [5.41, 5.74) is 0.367. The summed E-state index contributed by atoms with van der Waals surface area (Å²) in [7, 11) is 0. The van der Waals surface area contributed by atoms with Gasteiger partial charge in [0.15, 0.2) is 5.65 Å². The number of aryl methyl sites for hydroxylation is 2. The molecule has 0 aromatic carbocycles. The van der Waals surface area contributed by atoms with Crippen molar-refractivity contribution in [2.24, 2.45) is 0 Å². The smallest absolute Gasteiger partial charge is 0.278 e. The first-order valence-corrected chi connectivity index (χ1v) is 6.19. The molecule has 2 heterocycles. The molecule has 0 atom stereocenters. The summed E-state index contributed by atoms with van der Waals surface area (Å²) in [6.07, 6.45) is 1.58. The zero-order valence-corrected chi connectivity index (χ0v) is 11.3. The summed E-state index contributed by atoms with van der Waals surface area (Å²) < 4.78 is 2.64. The fourth-order valence-corrected chi connectivity index (χ4v) is 2.20. The third-order valence-electron chi connectivity index (χ3n) is 2.98. The molecule has 18 heavy (non-hydrogen) atoms. The Hall–Kier alpha value is -1.62. The molecule has 0 aliphatic rings. The van der Waals surface area contributed by atoms with Crippen molar-refractivity contribution < 1.29 is 0 Å². The van der Waals surface area contributed by atoms with Crippen molar-refractivity contribution in [2.75, 3.05) is 0 Å². The Balaban J connectivity index is 3.15. The second kappa shape index (κ2) is 4.57. The van der Waals surface area contributed by atoms with Gasteiger partial charge in [-0.05, 0) is 26.3 Å². The molecule has 0 aliphatic carbocycles. The zero-order valence-electron chi connectivity index (χ0n) is 10.5. The van der Waals surface area contributed by atoms with E-state index in [2.05, 4.69) is 4.98 Å². The van der Waals surface area contributed by atoms with Gasteiger partial charge in [0.2, 0.25) is 0 Å². The summed E-state index contributed by atoms with van der Waals surface area (Å²) in [6, 6.07) is 0.